The maximum Gasteiger partial charge on any atom is 0.254 e. The standard InChI is InChI=1S/C14H20N2O2/c17-14-11-4-2-1-3-5-12(11)15-13(16-14)8-10-6-7-18-9-10/h10H,1-9H2,(H,15,16,17). The zero-order chi connectivity index (χ0) is 12.4. The summed E-state index contributed by atoms with van der Waals surface area (Å²) in [6.45, 7) is 1.65. The van der Waals surface area contributed by atoms with E-state index >= 15 is 0 Å². The maximum atomic E-state index is 12.1. The zero-order valence-electron chi connectivity index (χ0n) is 10.7. The summed E-state index contributed by atoms with van der Waals surface area (Å²) >= 11 is 0. The van der Waals surface area contributed by atoms with Crippen molar-refractivity contribution in [1.29, 1.82) is 0 Å². The second-order valence-electron chi connectivity index (χ2n) is 5.43. The minimum absolute atomic E-state index is 0.0933. The average molecular weight is 248 g/mol. The Morgan fingerprint density at radius 2 is 2.17 bits per heavy atom. The van der Waals surface area contributed by atoms with Gasteiger partial charge < -0.3 is 9.72 Å². The summed E-state index contributed by atoms with van der Waals surface area (Å²) in [5.74, 6) is 1.38. The molecule has 0 spiro atoms. The molecule has 4 nitrogen and oxygen atoms in total. The minimum Gasteiger partial charge on any atom is -0.381 e. The SMILES string of the molecule is O=c1[nH]c(CC2CCOC2)nc2c1CCCCC2. The molecule has 0 amide bonds. The molecule has 98 valence electrons. The number of hydrogen-bond acceptors (Lipinski definition) is 3. The molecule has 2 aliphatic rings. The van der Waals surface area contributed by atoms with Crippen LogP contribution >= 0.6 is 0 Å². The van der Waals surface area contributed by atoms with Crippen molar-refractivity contribution in [3.63, 3.8) is 0 Å². The number of hydrogen-bond donors (Lipinski definition) is 1. The molecule has 0 aromatic carbocycles. The van der Waals surface area contributed by atoms with Gasteiger partial charge in [0.05, 0.1) is 5.69 Å². The van der Waals surface area contributed by atoms with E-state index in [0.29, 0.717) is 5.92 Å². The molecule has 0 saturated carbocycles. The van der Waals surface area contributed by atoms with Crippen molar-refractivity contribution in [1.82, 2.24) is 9.97 Å². The Kier molecular flexibility index (Phi) is 3.46. The zero-order valence-corrected chi connectivity index (χ0v) is 10.7. The van der Waals surface area contributed by atoms with Crippen molar-refractivity contribution in [3.05, 3.63) is 27.4 Å². The first-order valence-corrected chi connectivity index (χ1v) is 7.01. The Balaban J connectivity index is 1.85. The lowest BCUT2D eigenvalue weighted by Crippen LogP contribution is -2.21. The number of nitrogens with zero attached hydrogens (tertiary/aromatic N) is 1. The van der Waals surface area contributed by atoms with E-state index in [1.165, 1.54) is 6.42 Å². The molecule has 3 rings (SSSR count). The molecule has 1 atom stereocenters. The maximum absolute atomic E-state index is 12.1. The number of aromatic amines is 1. The minimum atomic E-state index is 0.0933. The van der Waals surface area contributed by atoms with Gasteiger partial charge in [-0.05, 0) is 38.0 Å². The van der Waals surface area contributed by atoms with Gasteiger partial charge in [0, 0.05) is 25.2 Å². The van der Waals surface area contributed by atoms with Gasteiger partial charge in [-0.15, -0.1) is 0 Å². The average Bonchev–Trinajstić information content (AvgIpc) is 2.73. The highest BCUT2D eigenvalue weighted by Crippen LogP contribution is 2.19. The van der Waals surface area contributed by atoms with Gasteiger partial charge in [0.1, 0.15) is 5.82 Å². The van der Waals surface area contributed by atoms with E-state index in [0.717, 1.165) is 68.8 Å². The van der Waals surface area contributed by atoms with Gasteiger partial charge in [-0.1, -0.05) is 6.42 Å². The predicted octanol–water partition coefficient (Wildman–Crippen LogP) is 1.62. The lowest BCUT2D eigenvalue weighted by atomic mass is 10.0. The molecule has 4 heteroatoms. The lowest BCUT2D eigenvalue weighted by Gasteiger charge is -2.10. The van der Waals surface area contributed by atoms with Gasteiger partial charge in [0.2, 0.25) is 0 Å². The fraction of sp³-hybridized carbons (Fsp3) is 0.714. The fourth-order valence-corrected chi connectivity index (χ4v) is 2.95. The molecule has 1 unspecified atom stereocenters. The van der Waals surface area contributed by atoms with E-state index in [9.17, 15) is 4.79 Å². The Morgan fingerprint density at radius 3 is 3.00 bits per heavy atom. The number of aromatic nitrogens is 2. The lowest BCUT2D eigenvalue weighted by molar-refractivity contribution is 0.185. The molecular formula is C14H20N2O2. The van der Waals surface area contributed by atoms with Crippen LogP contribution in [-0.2, 0) is 24.0 Å². The summed E-state index contributed by atoms with van der Waals surface area (Å²) in [6, 6.07) is 0. The Bertz CT molecular complexity index is 475. The molecule has 1 aromatic heterocycles. The van der Waals surface area contributed by atoms with Crippen LogP contribution in [0.4, 0.5) is 0 Å². The number of H-pyrrole nitrogens is 1. The largest absolute Gasteiger partial charge is 0.381 e. The van der Waals surface area contributed by atoms with E-state index in [4.69, 9.17) is 4.74 Å². The van der Waals surface area contributed by atoms with Crippen LogP contribution < -0.4 is 5.56 Å². The van der Waals surface area contributed by atoms with E-state index < -0.39 is 0 Å². The van der Waals surface area contributed by atoms with Crippen molar-refractivity contribution < 1.29 is 4.74 Å². The molecule has 0 bridgehead atoms. The fourth-order valence-electron chi connectivity index (χ4n) is 2.95. The predicted molar refractivity (Wildman–Crippen MR) is 68.7 cm³/mol. The Labute approximate surface area is 107 Å². The van der Waals surface area contributed by atoms with Crippen molar-refractivity contribution >= 4 is 0 Å². The van der Waals surface area contributed by atoms with Crippen molar-refractivity contribution in [2.45, 2.75) is 44.9 Å². The monoisotopic (exact) mass is 248 g/mol. The third kappa shape index (κ3) is 2.48. The number of fused-ring (bicyclic) bond motifs is 1. The van der Waals surface area contributed by atoms with Gasteiger partial charge in [-0.25, -0.2) is 4.98 Å². The van der Waals surface area contributed by atoms with E-state index in [1.807, 2.05) is 0 Å². The topological polar surface area (TPSA) is 55.0 Å². The van der Waals surface area contributed by atoms with E-state index in [1.54, 1.807) is 0 Å². The molecule has 1 N–H and O–H groups in total. The van der Waals surface area contributed by atoms with Gasteiger partial charge in [0.15, 0.2) is 0 Å². The van der Waals surface area contributed by atoms with Crippen LogP contribution in [0.3, 0.4) is 0 Å². The van der Waals surface area contributed by atoms with Crippen LogP contribution in [0.5, 0.6) is 0 Å². The molecule has 1 aliphatic carbocycles. The summed E-state index contributed by atoms with van der Waals surface area (Å²) in [4.78, 5) is 19.7. The molecule has 1 saturated heterocycles. The summed E-state index contributed by atoms with van der Waals surface area (Å²) in [7, 11) is 0. The first-order chi connectivity index (χ1) is 8.83. The van der Waals surface area contributed by atoms with Crippen LogP contribution in [0.25, 0.3) is 0 Å². The molecule has 1 fully saturated rings. The normalized spacial score (nSPS) is 23.7. The van der Waals surface area contributed by atoms with Gasteiger partial charge in [0.25, 0.3) is 5.56 Å². The Hall–Kier alpha value is -1.16. The summed E-state index contributed by atoms with van der Waals surface area (Å²) < 4.78 is 5.37. The Morgan fingerprint density at radius 1 is 1.28 bits per heavy atom. The van der Waals surface area contributed by atoms with Crippen LogP contribution in [0, 0.1) is 5.92 Å². The summed E-state index contributed by atoms with van der Waals surface area (Å²) in [5.41, 5.74) is 2.07. The smallest absolute Gasteiger partial charge is 0.254 e. The molecule has 1 aromatic rings. The molecule has 0 radical (unpaired) electrons. The quantitative estimate of drug-likeness (QED) is 0.809. The first kappa shape index (κ1) is 11.9. The second-order valence-corrected chi connectivity index (χ2v) is 5.43. The number of aryl methyl sites for hydroxylation is 1. The molecule has 2 heterocycles. The first-order valence-electron chi connectivity index (χ1n) is 7.01. The van der Waals surface area contributed by atoms with Crippen LogP contribution in [0.15, 0.2) is 4.79 Å². The van der Waals surface area contributed by atoms with Crippen LogP contribution in [0.2, 0.25) is 0 Å². The highest BCUT2D eigenvalue weighted by atomic mass is 16.5. The number of nitrogens with one attached hydrogen (secondary N) is 1. The van der Waals surface area contributed by atoms with Crippen molar-refractivity contribution in [2.24, 2.45) is 5.92 Å². The van der Waals surface area contributed by atoms with Crippen molar-refractivity contribution in [2.75, 3.05) is 13.2 Å². The number of ether oxygens (including phenoxy) is 1. The molecule has 18 heavy (non-hydrogen) atoms. The van der Waals surface area contributed by atoms with E-state index in [-0.39, 0.29) is 5.56 Å². The summed E-state index contributed by atoms with van der Waals surface area (Å²) in [6.07, 6.45) is 7.28. The number of rotatable bonds is 2. The summed E-state index contributed by atoms with van der Waals surface area (Å²) in [5, 5.41) is 0. The highest BCUT2D eigenvalue weighted by molar-refractivity contribution is 5.19. The van der Waals surface area contributed by atoms with Gasteiger partial charge in [-0.3, -0.25) is 4.79 Å². The third-order valence-corrected chi connectivity index (χ3v) is 4.00. The molecule has 1 aliphatic heterocycles. The highest BCUT2D eigenvalue weighted by Gasteiger charge is 2.19. The van der Waals surface area contributed by atoms with Crippen LogP contribution in [-0.4, -0.2) is 23.2 Å². The van der Waals surface area contributed by atoms with Crippen molar-refractivity contribution in [3.8, 4) is 0 Å². The van der Waals surface area contributed by atoms with E-state index in [2.05, 4.69) is 9.97 Å². The third-order valence-electron chi connectivity index (χ3n) is 4.00. The van der Waals surface area contributed by atoms with Crippen LogP contribution in [0.1, 0.15) is 42.8 Å². The van der Waals surface area contributed by atoms with Gasteiger partial charge in [-0.2, -0.15) is 0 Å². The second kappa shape index (κ2) is 5.22. The molecular weight excluding hydrogens is 228 g/mol. The van der Waals surface area contributed by atoms with Gasteiger partial charge >= 0.3 is 0 Å².